The van der Waals surface area contributed by atoms with Crippen molar-refractivity contribution < 1.29 is 4.74 Å². The Bertz CT molecular complexity index is 287. The number of nitrogens with two attached hydrogens (primary N) is 1. The molecule has 0 fully saturated rings. The van der Waals surface area contributed by atoms with Gasteiger partial charge in [0.25, 0.3) is 0 Å². The van der Waals surface area contributed by atoms with Crippen LogP contribution in [0.2, 0.25) is 0 Å². The Morgan fingerprint density at radius 1 is 1.56 bits per heavy atom. The molecule has 1 rings (SSSR count). The van der Waals surface area contributed by atoms with E-state index in [0.717, 1.165) is 38.4 Å². The van der Waals surface area contributed by atoms with Crippen LogP contribution >= 0.6 is 0 Å². The van der Waals surface area contributed by atoms with E-state index in [2.05, 4.69) is 23.1 Å². The quantitative estimate of drug-likeness (QED) is 0.648. The molecule has 1 aromatic rings. The monoisotopic (exact) mass is 226 g/mol. The third kappa shape index (κ3) is 4.74. The van der Waals surface area contributed by atoms with Crippen LogP contribution in [-0.4, -0.2) is 48.3 Å². The number of hydrogen-bond donors (Lipinski definition) is 1. The number of imidazole rings is 1. The normalized spacial score (nSPS) is 11.2. The van der Waals surface area contributed by atoms with Crippen molar-refractivity contribution in [3.63, 3.8) is 0 Å². The van der Waals surface area contributed by atoms with Crippen LogP contribution in [0.25, 0.3) is 0 Å². The molecule has 0 aromatic carbocycles. The predicted molar refractivity (Wildman–Crippen MR) is 64.1 cm³/mol. The van der Waals surface area contributed by atoms with E-state index in [-0.39, 0.29) is 0 Å². The molecule has 0 amide bonds. The Morgan fingerprint density at radius 2 is 2.38 bits per heavy atom. The Morgan fingerprint density at radius 3 is 3.06 bits per heavy atom. The highest BCUT2D eigenvalue weighted by Gasteiger charge is 2.03. The number of ether oxygens (including phenoxy) is 1. The molecule has 0 saturated heterocycles. The van der Waals surface area contributed by atoms with Crippen LogP contribution < -0.4 is 5.73 Å². The molecule has 0 spiro atoms. The number of nitrogens with zero attached hydrogens (tertiary/aromatic N) is 3. The SMILES string of the molecule is COCCCN(C)Cc1cn(CCN)cn1. The molecule has 0 saturated carbocycles. The zero-order valence-corrected chi connectivity index (χ0v) is 10.2. The largest absolute Gasteiger partial charge is 0.385 e. The van der Waals surface area contributed by atoms with Gasteiger partial charge in [-0.25, -0.2) is 4.98 Å². The molecule has 2 N–H and O–H groups in total. The summed E-state index contributed by atoms with van der Waals surface area (Å²) in [5.41, 5.74) is 6.57. The number of hydrogen-bond acceptors (Lipinski definition) is 4. The minimum atomic E-state index is 0.652. The Labute approximate surface area is 97.2 Å². The second-order valence-corrected chi connectivity index (χ2v) is 3.98. The van der Waals surface area contributed by atoms with Gasteiger partial charge in [0, 0.05) is 46.1 Å². The summed E-state index contributed by atoms with van der Waals surface area (Å²) in [4.78, 5) is 6.58. The lowest BCUT2D eigenvalue weighted by atomic mass is 10.3. The molecular weight excluding hydrogens is 204 g/mol. The van der Waals surface area contributed by atoms with E-state index in [1.54, 1.807) is 7.11 Å². The van der Waals surface area contributed by atoms with Gasteiger partial charge in [-0.15, -0.1) is 0 Å². The Kier molecular flexibility index (Phi) is 6.07. The molecule has 0 unspecified atom stereocenters. The van der Waals surface area contributed by atoms with E-state index in [0.29, 0.717) is 6.54 Å². The van der Waals surface area contributed by atoms with Gasteiger partial charge >= 0.3 is 0 Å². The summed E-state index contributed by atoms with van der Waals surface area (Å²) < 4.78 is 7.04. The topological polar surface area (TPSA) is 56.3 Å². The van der Waals surface area contributed by atoms with Crippen LogP contribution in [0.1, 0.15) is 12.1 Å². The third-order valence-electron chi connectivity index (χ3n) is 2.39. The van der Waals surface area contributed by atoms with E-state index in [4.69, 9.17) is 10.5 Å². The maximum Gasteiger partial charge on any atom is 0.0950 e. The third-order valence-corrected chi connectivity index (χ3v) is 2.39. The summed E-state index contributed by atoms with van der Waals surface area (Å²) in [6.07, 6.45) is 4.95. The molecule has 5 heteroatoms. The Hall–Kier alpha value is -0.910. The van der Waals surface area contributed by atoms with E-state index < -0.39 is 0 Å². The summed E-state index contributed by atoms with van der Waals surface area (Å²) in [7, 11) is 3.83. The highest BCUT2D eigenvalue weighted by molar-refractivity contribution is 4.96. The van der Waals surface area contributed by atoms with Crippen molar-refractivity contribution >= 4 is 0 Å². The van der Waals surface area contributed by atoms with Gasteiger partial charge in [0.2, 0.25) is 0 Å². The average Bonchev–Trinajstić information content (AvgIpc) is 2.66. The first-order valence-corrected chi connectivity index (χ1v) is 5.64. The van der Waals surface area contributed by atoms with Crippen LogP contribution in [0.5, 0.6) is 0 Å². The highest BCUT2D eigenvalue weighted by atomic mass is 16.5. The van der Waals surface area contributed by atoms with Gasteiger partial charge in [0.15, 0.2) is 0 Å². The van der Waals surface area contributed by atoms with Gasteiger partial charge in [-0.2, -0.15) is 0 Å². The molecule has 0 atom stereocenters. The van der Waals surface area contributed by atoms with Crippen molar-refractivity contribution in [2.24, 2.45) is 5.73 Å². The molecular formula is C11H22N4O. The van der Waals surface area contributed by atoms with E-state index in [9.17, 15) is 0 Å². The number of rotatable bonds is 8. The number of aromatic nitrogens is 2. The summed E-state index contributed by atoms with van der Waals surface area (Å²) in [6, 6.07) is 0. The molecule has 0 aliphatic heterocycles. The van der Waals surface area contributed by atoms with E-state index >= 15 is 0 Å². The smallest absolute Gasteiger partial charge is 0.0950 e. The molecule has 0 aliphatic carbocycles. The van der Waals surface area contributed by atoms with Crippen LogP contribution in [0.15, 0.2) is 12.5 Å². The van der Waals surface area contributed by atoms with Crippen molar-refractivity contribution in [2.75, 3.05) is 33.9 Å². The molecule has 16 heavy (non-hydrogen) atoms. The summed E-state index contributed by atoms with van der Waals surface area (Å²) in [5.74, 6) is 0. The Balaban J connectivity index is 2.28. The van der Waals surface area contributed by atoms with Gasteiger partial charge in [-0.3, -0.25) is 0 Å². The second kappa shape index (κ2) is 7.38. The average molecular weight is 226 g/mol. The second-order valence-electron chi connectivity index (χ2n) is 3.98. The molecule has 92 valence electrons. The standard InChI is InChI=1S/C11H22N4O/c1-14(5-3-7-16-2)8-11-9-15(6-4-12)10-13-11/h9-10H,3-8,12H2,1-2H3. The van der Waals surface area contributed by atoms with Gasteiger partial charge < -0.3 is 19.9 Å². The lowest BCUT2D eigenvalue weighted by molar-refractivity contribution is 0.178. The maximum atomic E-state index is 5.48. The zero-order chi connectivity index (χ0) is 11.8. The first kappa shape index (κ1) is 13.2. The zero-order valence-electron chi connectivity index (χ0n) is 10.2. The van der Waals surface area contributed by atoms with Gasteiger partial charge in [-0.1, -0.05) is 0 Å². The minimum Gasteiger partial charge on any atom is -0.385 e. The summed E-state index contributed by atoms with van der Waals surface area (Å²) >= 11 is 0. The van der Waals surface area contributed by atoms with Gasteiger partial charge in [0.05, 0.1) is 12.0 Å². The fraction of sp³-hybridized carbons (Fsp3) is 0.727. The molecule has 0 aliphatic rings. The van der Waals surface area contributed by atoms with Crippen LogP contribution in [0.4, 0.5) is 0 Å². The first-order chi connectivity index (χ1) is 7.76. The molecule has 1 heterocycles. The highest BCUT2D eigenvalue weighted by Crippen LogP contribution is 2.01. The van der Waals surface area contributed by atoms with E-state index in [1.165, 1.54) is 0 Å². The van der Waals surface area contributed by atoms with Crippen molar-refractivity contribution in [3.8, 4) is 0 Å². The lowest BCUT2D eigenvalue weighted by Gasteiger charge is -2.14. The van der Waals surface area contributed by atoms with Gasteiger partial charge in [-0.05, 0) is 13.5 Å². The van der Waals surface area contributed by atoms with E-state index in [1.807, 2.05) is 10.9 Å². The number of methoxy groups -OCH3 is 1. The lowest BCUT2D eigenvalue weighted by Crippen LogP contribution is -2.20. The molecule has 5 nitrogen and oxygen atoms in total. The van der Waals surface area contributed by atoms with Crippen molar-refractivity contribution in [3.05, 3.63) is 18.2 Å². The molecule has 0 radical (unpaired) electrons. The van der Waals surface area contributed by atoms with Crippen molar-refractivity contribution in [2.45, 2.75) is 19.5 Å². The van der Waals surface area contributed by atoms with Crippen molar-refractivity contribution in [1.82, 2.24) is 14.5 Å². The fourth-order valence-electron chi connectivity index (χ4n) is 1.59. The first-order valence-electron chi connectivity index (χ1n) is 5.64. The predicted octanol–water partition coefficient (Wildman–Crippen LogP) is 0.310. The fourth-order valence-corrected chi connectivity index (χ4v) is 1.59. The van der Waals surface area contributed by atoms with Crippen LogP contribution in [0, 0.1) is 0 Å². The van der Waals surface area contributed by atoms with Crippen LogP contribution in [-0.2, 0) is 17.8 Å². The minimum absolute atomic E-state index is 0.652. The summed E-state index contributed by atoms with van der Waals surface area (Å²) in [6.45, 7) is 4.20. The van der Waals surface area contributed by atoms with Crippen molar-refractivity contribution in [1.29, 1.82) is 0 Å². The summed E-state index contributed by atoms with van der Waals surface area (Å²) in [5, 5.41) is 0. The molecule has 0 bridgehead atoms. The molecule has 1 aromatic heterocycles. The van der Waals surface area contributed by atoms with Gasteiger partial charge in [0.1, 0.15) is 0 Å². The maximum absolute atomic E-state index is 5.48. The van der Waals surface area contributed by atoms with Crippen LogP contribution in [0.3, 0.4) is 0 Å².